The summed E-state index contributed by atoms with van der Waals surface area (Å²) < 4.78 is 0. The van der Waals surface area contributed by atoms with Crippen LogP contribution in [0.1, 0.15) is 2.85 Å². The van der Waals surface area contributed by atoms with Crippen molar-refractivity contribution in [3.63, 3.8) is 0 Å². The van der Waals surface area contributed by atoms with E-state index in [-0.39, 0.29) is 115 Å². The van der Waals surface area contributed by atoms with Crippen molar-refractivity contribution in [3.8, 4) is 0 Å². The van der Waals surface area contributed by atoms with Crippen LogP contribution in [-0.2, 0) is 60.3 Å². The van der Waals surface area contributed by atoms with Crippen molar-refractivity contribution in [1.82, 2.24) is 0 Å². The predicted octanol–water partition coefficient (Wildman–Crippen LogP) is -2.80. The summed E-state index contributed by atoms with van der Waals surface area (Å²) in [5, 5.41) is 0. The third kappa shape index (κ3) is 26.1. The third-order valence-corrected chi connectivity index (χ3v) is 0. The van der Waals surface area contributed by atoms with Crippen molar-refractivity contribution in [2.45, 2.75) is 0 Å². The Morgan fingerprint density at radius 2 is 1.17 bits per heavy atom. The maximum Gasteiger partial charge on any atom is 2.00 e. The van der Waals surface area contributed by atoms with Crippen LogP contribution in [0, 0.1) is 0 Å². The van der Waals surface area contributed by atoms with Crippen LogP contribution < -0.4 is 0 Å². The van der Waals surface area contributed by atoms with Crippen molar-refractivity contribution in [2.24, 2.45) is 0 Å². The van der Waals surface area contributed by atoms with Gasteiger partial charge in [0.05, 0.1) is 0 Å². The maximum absolute atomic E-state index is 0. The van der Waals surface area contributed by atoms with Crippen molar-refractivity contribution in [2.75, 3.05) is 0 Å². The molecule has 0 aliphatic carbocycles. The van der Waals surface area contributed by atoms with Crippen LogP contribution in [0.15, 0.2) is 0 Å². The van der Waals surface area contributed by atoms with E-state index in [4.69, 9.17) is 0 Å². The molecule has 0 atom stereocenters. The van der Waals surface area contributed by atoms with Gasteiger partial charge in [0.15, 0.2) is 17.4 Å². The van der Waals surface area contributed by atoms with E-state index in [0.717, 1.165) is 0 Å². The molecule has 0 fully saturated rings. The number of rotatable bonds is 0. The van der Waals surface area contributed by atoms with E-state index in [1.807, 2.05) is 0 Å². The first-order chi connectivity index (χ1) is 0. The molecular formula is H9AlCuFeMgSiZr. The summed E-state index contributed by atoms with van der Waals surface area (Å²) in [6.07, 6.45) is 0. The summed E-state index contributed by atoms with van der Waals surface area (Å²) in [6, 6.07) is 0. The summed E-state index contributed by atoms with van der Waals surface area (Å²) in [5.74, 6) is 0. The van der Waals surface area contributed by atoms with Gasteiger partial charge < -0.3 is 2.85 Å². The van der Waals surface area contributed by atoms with Gasteiger partial charge in [0, 0.05) is 60.3 Å². The standard InChI is InChI=1S/Al.Cu.Fe.Mg.H4Si.Zr.5H/h;;;;1H4;;;;;;/q;;;+2;;;;;;2*-1. The summed E-state index contributed by atoms with van der Waals surface area (Å²) in [5.41, 5.74) is 0. The van der Waals surface area contributed by atoms with Crippen molar-refractivity contribution >= 4 is 51.4 Å². The Bertz CT molecular complexity index is 22.0. The van der Waals surface area contributed by atoms with Crippen LogP contribution in [0.4, 0.5) is 0 Å². The molecule has 0 saturated heterocycles. The monoisotopic (exact) mass is 297 g/mol. The zero-order valence-corrected chi connectivity index (χ0v) is 7.78. The Labute approximate surface area is 113 Å². The summed E-state index contributed by atoms with van der Waals surface area (Å²) >= 11 is 0. The van der Waals surface area contributed by atoms with E-state index in [1.54, 1.807) is 0 Å². The van der Waals surface area contributed by atoms with Gasteiger partial charge in [0.1, 0.15) is 0 Å². The number of hydrogen-bond donors (Lipinski definition) is 0. The molecule has 0 aromatic heterocycles. The van der Waals surface area contributed by atoms with E-state index >= 15 is 0 Å². The Morgan fingerprint density at radius 1 is 1.17 bits per heavy atom. The molecule has 41 valence electrons. The van der Waals surface area contributed by atoms with E-state index < -0.39 is 0 Å². The molecule has 0 aliphatic heterocycles. The molecule has 1 radical (unpaired) electrons. The van der Waals surface area contributed by atoms with Crippen LogP contribution in [-0.4, -0.2) is 51.4 Å². The van der Waals surface area contributed by atoms with Crippen molar-refractivity contribution in [3.05, 3.63) is 0 Å². The summed E-state index contributed by atoms with van der Waals surface area (Å²) in [4.78, 5) is 0. The summed E-state index contributed by atoms with van der Waals surface area (Å²) in [7, 11) is 0. The van der Waals surface area contributed by atoms with Gasteiger partial charge in [-0.25, -0.2) is 0 Å². The van der Waals surface area contributed by atoms with Gasteiger partial charge in [0.2, 0.25) is 0 Å². The molecule has 0 rings (SSSR count). The van der Waals surface area contributed by atoms with Gasteiger partial charge in [-0.2, -0.15) is 0 Å². The molecule has 0 aliphatic rings. The molecule has 0 spiro atoms. The summed E-state index contributed by atoms with van der Waals surface area (Å²) in [6.45, 7) is 0. The molecule has 6 heteroatoms. The van der Waals surface area contributed by atoms with Crippen LogP contribution >= 0.6 is 0 Å². The van der Waals surface area contributed by atoms with E-state index in [9.17, 15) is 0 Å². The zero-order chi connectivity index (χ0) is 0. The van der Waals surface area contributed by atoms with Gasteiger partial charge >= 0.3 is 23.1 Å². The fraction of sp³-hybridized carbons (Fsp3) is 0. The van der Waals surface area contributed by atoms with Crippen LogP contribution in [0.5, 0.6) is 0 Å². The minimum Gasteiger partial charge on any atom is -1.00 e. The molecule has 0 saturated carbocycles. The largest absolute Gasteiger partial charge is 2.00 e. The fourth-order valence-electron chi connectivity index (χ4n) is 0. The first kappa shape index (κ1) is 56.9. The molecule has 0 amide bonds. The zero-order valence-electron chi connectivity index (χ0n) is 3.86. The minimum absolute atomic E-state index is 0. The third-order valence-electron chi connectivity index (χ3n) is 0. The molecule has 0 aromatic rings. The van der Waals surface area contributed by atoms with Crippen LogP contribution in [0.25, 0.3) is 0 Å². The first-order valence-corrected chi connectivity index (χ1v) is 0. The van der Waals surface area contributed by atoms with Crippen molar-refractivity contribution < 1.29 is 63.2 Å². The minimum atomic E-state index is 0. The molecule has 0 bridgehead atoms. The maximum atomic E-state index is 0. The Hall–Kier alpha value is 3.44. The second-order valence-corrected chi connectivity index (χ2v) is 0. The van der Waals surface area contributed by atoms with Gasteiger partial charge in [0.25, 0.3) is 0 Å². The Balaban J connectivity index is 0. The second kappa shape index (κ2) is 39.5. The predicted molar refractivity (Wildman–Crippen MR) is 29.3 cm³/mol. The van der Waals surface area contributed by atoms with Crippen LogP contribution in [0.3, 0.4) is 0 Å². The molecular weight excluding hydrogens is 290 g/mol. The Kier molecular flexibility index (Phi) is 374. The Morgan fingerprint density at radius 3 is 1.17 bits per heavy atom. The topological polar surface area (TPSA) is 0 Å². The molecule has 0 N–H and O–H groups in total. The smallest absolute Gasteiger partial charge is 1.00 e. The normalized spacial score (nSPS) is 0. The average Bonchev–Trinajstić information content (AvgIpc) is 0. The van der Waals surface area contributed by atoms with Gasteiger partial charge in [-0.05, 0) is 11.0 Å². The van der Waals surface area contributed by atoms with Gasteiger partial charge in [-0.1, -0.05) is 0 Å². The molecule has 6 heavy (non-hydrogen) atoms. The molecule has 0 nitrogen and oxygen atoms in total. The van der Waals surface area contributed by atoms with Crippen molar-refractivity contribution in [1.29, 1.82) is 0 Å². The quantitative estimate of drug-likeness (QED) is 0.424. The SMILES string of the molecule is [AlH3].[Cu].[Fe].[H-].[H-].[Mg+2].[SiH4].[Zr]. The van der Waals surface area contributed by atoms with E-state index in [1.165, 1.54) is 0 Å². The number of hydrogen-bond acceptors (Lipinski definition) is 0. The van der Waals surface area contributed by atoms with E-state index in [0.29, 0.717) is 0 Å². The first-order valence-electron chi connectivity index (χ1n) is 0. The molecule has 0 aromatic carbocycles. The van der Waals surface area contributed by atoms with Gasteiger partial charge in [-0.15, -0.1) is 0 Å². The van der Waals surface area contributed by atoms with Gasteiger partial charge in [-0.3, -0.25) is 0 Å². The van der Waals surface area contributed by atoms with Crippen LogP contribution in [0.2, 0.25) is 0 Å². The molecule has 0 unspecified atom stereocenters. The van der Waals surface area contributed by atoms with E-state index in [2.05, 4.69) is 0 Å². The molecule has 0 heterocycles. The fourth-order valence-corrected chi connectivity index (χ4v) is 0. The average molecular weight is 299 g/mol. The second-order valence-electron chi connectivity index (χ2n) is 0.